The van der Waals surface area contributed by atoms with E-state index in [-0.39, 0.29) is 5.78 Å². The third-order valence-corrected chi connectivity index (χ3v) is 5.83. The van der Waals surface area contributed by atoms with Crippen LogP contribution in [0.5, 0.6) is 23.0 Å². The highest BCUT2D eigenvalue weighted by Gasteiger charge is 2.17. The SMILES string of the molecule is COc1ccc2c(c1)c(C=CC(=O)c1cc(OC)c(OC)c(OC)c1)c(C)n2-c1ccccc1. The molecule has 0 bridgehead atoms. The summed E-state index contributed by atoms with van der Waals surface area (Å²) in [6.07, 6.45) is 3.42. The van der Waals surface area contributed by atoms with Gasteiger partial charge in [-0.25, -0.2) is 0 Å². The fraction of sp³-hybridized carbons (Fsp3) is 0.179. The molecule has 0 saturated carbocycles. The lowest BCUT2D eigenvalue weighted by Crippen LogP contribution is -2.00. The van der Waals surface area contributed by atoms with Crippen molar-refractivity contribution in [3.63, 3.8) is 0 Å². The first-order chi connectivity index (χ1) is 16.5. The molecule has 0 saturated heterocycles. The number of fused-ring (bicyclic) bond motifs is 1. The molecule has 0 fully saturated rings. The van der Waals surface area contributed by atoms with Crippen molar-refractivity contribution in [2.24, 2.45) is 0 Å². The summed E-state index contributed by atoms with van der Waals surface area (Å²) in [6.45, 7) is 2.04. The number of hydrogen-bond acceptors (Lipinski definition) is 5. The van der Waals surface area contributed by atoms with Crippen LogP contribution in [0, 0.1) is 6.92 Å². The largest absolute Gasteiger partial charge is 0.497 e. The van der Waals surface area contributed by atoms with Crippen LogP contribution in [-0.2, 0) is 0 Å². The molecule has 4 rings (SSSR count). The van der Waals surface area contributed by atoms with Gasteiger partial charge >= 0.3 is 0 Å². The second-order valence-electron chi connectivity index (χ2n) is 7.66. The van der Waals surface area contributed by atoms with E-state index in [4.69, 9.17) is 18.9 Å². The number of rotatable bonds is 8. The predicted molar refractivity (Wildman–Crippen MR) is 134 cm³/mol. The summed E-state index contributed by atoms with van der Waals surface area (Å²) in [7, 11) is 6.22. The fourth-order valence-electron chi connectivity index (χ4n) is 4.15. The van der Waals surface area contributed by atoms with Crippen LogP contribution in [0.1, 0.15) is 21.6 Å². The van der Waals surface area contributed by atoms with Crippen LogP contribution in [0.2, 0.25) is 0 Å². The first kappa shape index (κ1) is 23.0. The number of carbonyl (C=O) groups excluding carboxylic acids is 1. The molecule has 0 spiro atoms. The van der Waals surface area contributed by atoms with E-state index in [2.05, 4.69) is 16.7 Å². The number of allylic oxidation sites excluding steroid dienone is 1. The van der Waals surface area contributed by atoms with Crippen molar-refractivity contribution in [3.8, 4) is 28.7 Å². The van der Waals surface area contributed by atoms with E-state index in [9.17, 15) is 4.79 Å². The minimum Gasteiger partial charge on any atom is -0.497 e. The molecule has 0 aliphatic carbocycles. The van der Waals surface area contributed by atoms with Crippen LogP contribution in [0.4, 0.5) is 0 Å². The Kier molecular flexibility index (Phi) is 6.59. The molecular weight excluding hydrogens is 430 g/mol. The smallest absolute Gasteiger partial charge is 0.203 e. The van der Waals surface area contributed by atoms with Gasteiger partial charge in [-0.3, -0.25) is 4.79 Å². The molecule has 174 valence electrons. The molecule has 0 aliphatic rings. The van der Waals surface area contributed by atoms with Gasteiger partial charge < -0.3 is 23.5 Å². The molecule has 0 N–H and O–H groups in total. The number of nitrogens with zero attached hydrogens (tertiary/aromatic N) is 1. The zero-order valence-electron chi connectivity index (χ0n) is 19.9. The third-order valence-electron chi connectivity index (χ3n) is 5.83. The standard InChI is InChI=1S/C28H27NO5/c1-18-22(12-14-25(30)19-15-26(32-3)28(34-5)27(16-19)33-4)23-17-21(31-2)11-13-24(23)29(18)20-9-7-6-8-10-20/h6-17H,1-5H3. The summed E-state index contributed by atoms with van der Waals surface area (Å²) in [5.74, 6) is 1.88. The highest BCUT2D eigenvalue weighted by atomic mass is 16.5. The Bertz CT molecular complexity index is 1340. The summed E-state index contributed by atoms with van der Waals surface area (Å²) >= 11 is 0. The van der Waals surface area contributed by atoms with Crippen LogP contribution in [-0.4, -0.2) is 38.8 Å². The first-order valence-electron chi connectivity index (χ1n) is 10.8. The van der Waals surface area contributed by atoms with E-state index in [0.29, 0.717) is 22.8 Å². The summed E-state index contributed by atoms with van der Waals surface area (Å²) in [5.41, 5.74) is 4.48. The number of carbonyl (C=O) groups is 1. The van der Waals surface area contributed by atoms with Crippen molar-refractivity contribution in [2.75, 3.05) is 28.4 Å². The van der Waals surface area contributed by atoms with Gasteiger partial charge in [0.15, 0.2) is 17.3 Å². The van der Waals surface area contributed by atoms with Crippen molar-refractivity contribution in [1.29, 1.82) is 0 Å². The molecule has 0 aliphatic heterocycles. The van der Waals surface area contributed by atoms with Crippen molar-refractivity contribution in [3.05, 3.63) is 83.6 Å². The van der Waals surface area contributed by atoms with Gasteiger partial charge in [-0.05, 0) is 61.5 Å². The quantitative estimate of drug-likeness (QED) is 0.245. The second kappa shape index (κ2) is 9.75. The van der Waals surface area contributed by atoms with Crippen molar-refractivity contribution < 1.29 is 23.7 Å². The average Bonchev–Trinajstić information content (AvgIpc) is 3.16. The molecular formula is C28H27NO5. The Balaban J connectivity index is 1.81. The normalized spacial score (nSPS) is 11.1. The monoisotopic (exact) mass is 457 g/mol. The summed E-state index contributed by atoms with van der Waals surface area (Å²) in [4.78, 5) is 13.1. The maximum absolute atomic E-state index is 13.1. The topological polar surface area (TPSA) is 58.9 Å². The van der Waals surface area contributed by atoms with Gasteiger partial charge in [0.1, 0.15) is 5.75 Å². The molecule has 0 radical (unpaired) electrons. The minimum absolute atomic E-state index is 0.179. The number of aromatic nitrogens is 1. The van der Waals surface area contributed by atoms with Gasteiger partial charge in [0, 0.05) is 27.9 Å². The fourth-order valence-corrected chi connectivity index (χ4v) is 4.15. The Labute approximate surface area is 198 Å². The Morgan fingerprint density at radius 3 is 2.09 bits per heavy atom. The van der Waals surface area contributed by atoms with E-state index >= 15 is 0 Å². The number of benzene rings is 3. The van der Waals surface area contributed by atoms with E-state index in [1.54, 1.807) is 25.3 Å². The maximum Gasteiger partial charge on any atom is 0.203 e. The lowest BCUT2D eigenvalue weighted by molar-refractivity contribution is 0.104. The molecule has 6 heteroatoms. The number of ketones is 1. The van der Waals surface area contributed by atoms with Crippen LogP contribution in [0.15, 0.2) is 66.7 Å². The van der Waals surface area contributed by atoms with Gasteiger partial charge in [0.25, 0.3) is 0 Å². The number of para-hydroxylation sites is 1. The average molecular weight is 458 g/mol. The van der Waals surface area contributed by atoms with Crippen molar-refractivity contribution in [2.45, 2.75) is 6.92 Å². The van der Waals surface area contributed by atoms with Crippen LogP contribution < -0.4 is 18.9 Å². The summed E-state index contributed by atoms with van der Waals surface area (Å²) in [5, 5.41) is 0.995. The number of hydrogen-bond donors (Lipinski definition) is 0. The van der Waals surface area contributed by atoms with E-state index in [1.807, 2.05) is 49.4 Å². The van der Waals surface area contributed by atoms with Crippen molar-refractivity contribution >= 4 is 22.8 Å². The third kappa shape index (κ3) is 4.10. The maximum atomic E-state index is 13.1. The first-order valence-corrected chi connectivity index (χ1v) is 10.8. The van der Waals surface area contributed by atoms with Crippen LogP contribution >= 0.6 is 0 Å². The number of ether oxygens (including phenoxy) is 4. The molecule has 0 amide bonds. The molecule has 34 heavy (non-hydrogen) atoms. The highest BCUT2D eigenvalue weighted by Crippen LogP contribution is 2.38. The lowest BCUT2D eigenvalue weighted by Gasteiger charge is -2.13. The van der Waals surface area contributed by atoms with Crippen LogP contribution in [0.25, 0.3) is 22.7 Å². The molecule has 0 unspecified atom stereocenters. The minimum atomic E-state index is -0.179. The zero-order valence-corrected chi connectivity index (χ0v) is 19.9. The number of methoxy groups -OCH3 is 4. The zero-order chi connectivity index (χ0) is 24.2. The highest BCUT2D eigenvalue weighted by molar-refractivity contribution is 6.09. The van der Waals surface area contributed by atoms with Crippen LogP contribution in [0.3, 0.4) is 0 Å². The second-order valence-corrected chi connectivity index (χ2v) is 7.66. The van der Waals surface area contributed by atoms with E-state index in [0.717, 1.165) is 33.6 Å². The molecule has 4 aromatic rings. The lowest BCUT2D eigenvalue weighted by atomic mass is 10.1. The Morgan fingerprint density at radius 2 is 1.50 bits per heavy atom. The summed E-state index contributed by atoms with van der Waals surface area (Å²) in [6, 6.07) is 19.4. The Morgan fingerprint density at radius 1 is 0.824 bits per heavy atom. The molecule has 6 nitrogen and oxygen atoms in total. The predicted octanol–water partition coefficient (Wildman–Crippen LogP) is 5.87. The summed E-state index contributed by atoms with van der Waals surface area (Å²) < 4.78 is 23.8. The van der Waals surface area contributed by atoms with Gasteiger partial charge in [-0.15, -0.1) is 0 Å². The van der Waals surface area contributed by atoms with Gasteiger partial charge in [0.2, 0.25) is 5.75 Å². The Hall–Kier alpha value is -4.19. The molecule has 3 aromatic carbocycles. The van der Waals surface area contributed by atoms with Crippen molar-refractivity contribution in [1.82, 2.24) is 4.57 Å². The van der Waals surface area contributed by atoms with E-state index < -0.39 is 0 Å². The van der Waals surface area contributed by atoms with Gasteiger partial charge in [0.05, 0.1) is 34.0 Å². The van der Waals surface area contributed by atoms with Gasteiger partial charge in [-0.1, -0.05) is 18.2 Å². The van der Waals surface area contributed by atoms with Gasteiger partial charge in [-0.2, -0.15) is 0 Å². The molecule has 1 aromatic heterocycles. The van der Waals surface area contributed by atoms with E-state index in [1.165, 1.54) is 21.3 Å². The molecule has 1 heterocycles. The molecule has 0 atom stereocenters.